The van der Waals surface area contributed by atoms with E-state index in [1.807, 2.05) is 0 Å². The molecular weight excluding hydrogens is 544 g/mol. The van der Waals surface area contributed by atoms with Crippen LogP contribution in [0.4, 0.5) is 0 Å². The summed E-state index contributed by atoms with van der Waals surface area (Å²) in [6.07, 6.45) is 20.5. The first-order valence-corrected chi connectivity index (χ1v) is 18.3. The van der Waals surface area contributed by atoms with Gasteiger partial charge in [-0.1, -0.05) is 139 Å². The summed E-state index contributed by atoms with van der Waals surface area (Å²) in [6.45, 7) is 10.6. The van der Waals surface area contributed by atoms with Gasteiger partial charge in [-0.05, 0) is 49.8 Å². The number of benzene rings is 2. The number of hydrogen-bond acceptors (Lipinski definition) is 4. The van der Waals surface area contributed by atoms with Gasteiger partial charge in [0, 0.05) is 23.8 Å². The van der Waals surface area contributed by atoms with Gasteiger partial charge in [-0.25, -0.2) is 0 Å². The maximum absolute atomic E-state index is 6.32. The summed E-state index contributed by atoms with van der Waals surface area (Å²) in [5.74, 6) is 1.04. The minimum Gasteiger partial charge on any atom is -0.352 e. The fourth-order valence-corrected chi connectivity index (χ4v) is 6.77. The first kappa shape index (κ1) is 35.1. The SMILES string of the molecule is CCCCCCCC[C@@H]1CO[C@@H](CCc2ccc(-c3ccc([C@@H]4OC[C@@H](CCCCCCCC)[C@H](C)O4)cc3)cc2)O[C@H]1C. The van der Waals surface area contributed by atoms with Crippen molar-refractivity contribution in [3.05, 3.63) is 59.7 Å². The lowest BCUT2D eigenvalue weighted by Crippen LogP contribution is -2.38. The van der Waals surface area contributed by atoms with Gasteiger partial charge < -0.3 is 18.9 Å². The van der Waals surface area contributed by atoms with Gasteiger partial charge in [-0.3, -0.25) is 0 Å². The monoisotopic (exact) mass is 606 g/mol. The second-order valence-corrected chi connectivity index (χ2v) is 13.6. The first-order chi connectivity index (χ1) is 21.6. The topological polar surface area (TPSA) is 36.9 Å². The highest BCUT2D eigenvalue weighted by Gasteiger charge is 2.30. The number of hydrogen-bond donors (Lipinski definition) is 0. The Morgan fingerprint density at radius 2 is 1.05 bits per heavy atom. The molecule has 246 valence electrons. The molecule has 2 aromatic carbocycles. The third-order valence-electron chi connectivity index (χ3n) is 9.99. The van der Waals surface area contributed by atoms with E-state index in [1.54, 1.807) is 0 Å². The molecule has 44 heavy (non-hydrogen) atoms. The van der Waals surface area contributed by atoms with Gasteiger partial charge in [0.25, 0.3) is 0 Å². The van der Waals surface area contributed by atoms with Crippen LogP contribution in [0.1, 0.15) is 141 Å². The molecule has 2 saturated heterocycles. The second-order valence-electron chi connectivity index (χ2n) is 13.6. The summed E-state index contributed by atoms with van der Waals surface area (Å²) in [5, 5.41) is 0. The Balaban J connectivity index is 1.15. The van der Waals surface area contributed by atoms with Gasteiger partial charge >= 0.3 is 0 Å². The van der Waals surface area contributed by atoms with Crippen molar-refractivity contribution in [3.8, 4) is 11.1 Å². The van der Waals surface area contributed by atoms with Crippen LogP contribution in [-0.4, -0.2) is 31.7 Å². The number of unbranched alkanes of at least 4 members (excludes halogenated alkanes) is 10. The highest BCUT2D eigenvalue weighted by molar-refractivity contribution is 5.64. The van der Waals surface area contributed by atoms with Gasteiger partial charge in [0.05, 0.1) is 25.4 Å². The van der Waals surface area contributed by atoms with Gasteiger partial charge in [-0.15, -0.1) is 0 Å². The van der Waals surface area contributed by atoms with Crippen LogP contribution in [0.15, 0.2) is 48.5 Å². The van der Waals surface area contributed by atoms with Crippen LogP contribution in [0.5, 0.6) is 0 Å². The molecule has 2 aromatic rings. The molecule has 2 aliphatic heterocycles. The average molecular weight is 607 g/mol. The third kappa shape index (κ3) is 11.6. The standard InChI is InChI=1S/C40H62O4/c1-5-7-9-11-13-15-17-37-29-41-39(43-31(37)3)28-21-33-19-22-34(23-20-33)35-24-26-36(27-25-35)40-42-30-38(32(4)44-40)18-16-14-12-10-8-6-2/h19-20,22-27,31-32,37-40H,5-18,21,28-30H2,1-4H3/t31-,32-,37+,38+,39+,40+/m0/s1. The van der Waals surface area contributed by atoms with Gasteiger partial charge in [0.15, 0.2) is 12.6 Å². The lowest BCUT2D eigenvalue weighted by molar-refractivity contribution is -0.237. The number of rotatable bonds is 19. The summed E-state index contributed by atoms with van der Waals surface area (Å²) in [6, 6.07) is 17.7. The summed E-state index contributed by atoms with van der Waals surface area (Å²) in [4.78, 5) is 0. The molecule has 0 spiro atoms. The normalized spacial score (nSPS) is 25.7. The Morgan fingerprint density at radius 1 is 0.545 bits per heavy atom. The molecule has 4 rings (SSSR count). The van der Waals surface area contributed by atoms with Crippen molar-refractivity contribution in [2.45, 2.75) is 155 Å². The van der Waals surface area contributed by atoms with E-state index in [0.29, 0.717) is 11.8 Å². The van der Waals surface area contributed by atoms with Crippen LogP contribution in [0.25, 0.3) is 11.1 Å². The number of ether oxygens (including phenoxy) is 4. The molecule has 4 heteroatoms. The fraction of sp³-hybridized carbons (Fsp3) is 0.700. The quantitative estimate of drug-likeness (QED) is 0.149. The molecule has 2 heterocycles. The molecule has 0 radical (unpaired) electrons. The predicted molar refractivity (Wildman–Crippen MR) is 183 cm³/mol. The molecule has 6 atom stereocenters. The number of aryl methyl sites for hydroxylation is 1. The maximum Gasteiger partial charge on any atom is 0.184 e. The zero-order valence-electron chi connectivity index (χ0n) is 28.4. The zero-order valence-corrected chi connectivity index (χ0v) is 28.4. The minimum atomic E-state index is -0.264. The molecule has 0 aliphatic carbocycles. The predicted octanol–water partition coefficient (Wildman–Crippen LogP) is 11.2. The Bertz CT molecular complexity index is 1020. The Kier molecular flexibility index (Phi) is 15.7. The van der Waals surface area contributed by atoms with Crippen molar-refractivity contribution < 1.29 is 18.9 Å². The van der Waals surface area contributed by atoms with Crippen LogP contribution >= 0.6 is 0 Å². The van der Waals surface area contributed by atoms with E-state index in [0.717, 1.165) is 31.6 Å². The summed E-state index contributed by atoms with van der Waals surface area (Å²) in [5.41, 5.74) is 4.88. The van der Waals surface area contributed by atoms with Gasteiger partial charge in [0.1, 0.15) is 0 Å². The molecule has 0 unspecified atom stereocenters. The molecule has 0 N–H and O–H groups in total. The van der Waals surface area contributed by atoms with E-state index in [-0.39, 0.29) is 24.8 Å². The average Bonchev–Trinajstić information content (AvgIpc) is 3.05. The molecule has 0 bridgehead atoms. The molecule has 0 saturated carbocycles. The second kappa shape index (κ2) is 19.7. The highest BCUT2D eigenvalue weighted by atomic mass is 16.7. The van der Waals surface area contributed by atoms with E-state index < -0.39 is 0 Å². The van der Waals surface area contributed by atoms with Crippen molar-refractivity contribution in [2.24, 2.45) is 11.8 Å². The van der Waals surface area contributed by atoms with Crippen LogP contribution in [-0.2, 0) is 25.4 Å². The van der Waals surface area contributed by atoms with Crippen LogP contribution in [0.3, 0.4) is 0 Å². The molecule has 2 fully saturated rings. The van der Waals surface area contributed by atoms with E-state index in [9.17, 15) is 0 Å². The third-order valence-corrected chi connectivity index (χ3v) is 9.99. The molecule has 4 nitrogen and oxygen atoms in total. The molecule has 2 aliphatic rings. The highest BCUT2D eigenvalue weighted by Crippen LogP contribution is 2.33. The summed E-state index contributed by atoms with van der Waals surface area (Å²) in [7, 11) is 0. The van der Waals surface area contributed by atoms with E-state index in [1.165, 1.54) is 107 Å². The largest absolute Gasteiger partial charge is 0.352 e. The fourth-order valence-electron chi connectivity index (χ4n) is 6.77. The van der Waals surface area contributed by atoms with Gasteiger partial charge in [0.2, 0.25) is 0 Å². The lowest BCUT2D eigenvalue weighted by atomic mass is 9.95. The first-order valence-electron chi connectivity index (χ1n) is 18.3. The molecule has 0 amide bonds. The lowest BCUT2D eigenvalue weighted by Gasteiger charge is -2.35. The minimum absolute atomic E-state index is 0.0872. The van der Waals surface area contributed by atoms with E-state index in [2.05, 4.69) is 76.2 Å². The van der Waals surface area contributed by atoms with Crippen molar-refractivity contribution in [1.82, 2.24) is 0 Å². The van der Waals surface area contributed by atoms with Crippen molar-refractivity contribution >= 4 is 0 Å². The smallest absolute Gasteiger partial charge is 0.184 e. The van der Waals surface area contributed by atoms with Gasteiger partial charge in [-0.2, -0.15) is 0 Å². The van der Waals surface area contributed by atoms with E-state index in [4.69, 9.17) is 18.9 Å². The van der Waals surface area contributed by atoms with Crippen molar-refractivity contribution in [2.75, 3.05) is 13.2 Å². The summed E-state index contributed by atoms with van der Waals surface area (Å²) >= 11 is 0. The van der Waals surface area contributed by atoms with Crippen LogP contribution in [0, 0.1) is 11.8 Å². The molecule has 0 aromatic heterocycles. The van der Waals surface area contributed by atoms with Crippen LogP contribution in [0.2, 0.25) is 0 Å². The molecular formula is C40H62O4. The maximum atomic E-state index is 6.32. The Hall–Kier alpha value is -1.72. The van der Waals surface area contributed by atoms with Crippen molar-refractivity contribution in [1.29, 1.82) is 0 Å². The summed E-state index contributed by atoms with van der Waals surface area (Å²) < 4.78 is 24.9. The van der Waals surface area contributed by atoms with E-state index >= 15 is 0 Å². The van der Waals surface area contributed by atoms with Crippen molar-refractivity contribution in [3.63, 3.8) is 0 Å². The Labute approximate surface area is 269 Å². The zero-order chi connectivity index (χ0) is 31.0. The van der Waals surface area contributed by atoms with Crippen LogP contribution < -0.4 is 0 Å². The Morgan fingerprint density at radius 3 is 1.59 bits per heavy atom.